The van der Waals surface area contributed by atoms with Crippen LogP contribution in [0.2, 0.25) is 0 Å². The number of hydrogen-bond donors (Lipinski definition) is 1. The van der Waals surface area contributed by atoms with Crippen molar-refractivity contribution in [2.75, 3.05) is 5.73 Å². The highest BCUT2D eigenvalue weighted by atomic mass is 79.9. The molecule has 6 nitrogen and oxygen atoms in total. The van der Waals surface area contributed by atoms with Crippen LogP contribution in [0.5, 0.6) is 0 Å². The van der Waals surface area contributed by atoms with Crippen molar-refractivity contribution in [3.05, 3.63) is 28.1 Å². The minimum absolute atomic E-state index is 0.197. The molecule has 0 aromatic carbocycles. The number of rotatable bonds is 2. The van der Waals surface area contributed by atoms with Gasteiger partial charge in [-0.25, -0.2) is 0 Å². The van der Waals surface area contributed by atoms with Crippen molar-refractivity contribution in [1.82, 2.24) is 19.6 Å². The number of aromatic nitrogens is 4. The van der Waals surface area contributed by atoms with Gasteiger partial charge in [0.25, 0.3) is 0 Å². The molecule has 2 aromatic rings. The topological polar surface area (TPSA) is 78.7 Å². The van der Waals surface area contributed by atoms with Crippen molar-refractivity contribution < 1.29 is 4.79 Å². The number of nitrogen functional groups attached to an aromatic ring is 1. The zero-order valence-corrected chi connectivity index (χ0v) is 10.4. The molecule has 0 atom stereocenters. The van der Waals surface area contributed by atoms with Crippen LogP contribution in [0.4, 0.5) is 5.82 Å². The Kier molecular flexibility index (Phi) is 2.55. The third kappa shape index (κ3) is 1.53. The Labute approximate surface area is 100 Å². The molecule has 0 aliphatic carbocycles. The molecular weight excluding hydrogens is 274 g/mol. The van der Waals surface area contributed by atoms with E-state index < -0.39 is 0 Å². The highest BCUT2D eigenvalue weighted by Crippen LogP contribution is 2.21. The van der Waals surface area contributed by atoms with Gasteiger partial charge in [0.15, 0.2) is 0 Å². The fraction of sp³-hybridized carbons (Fsp3) is 0.222. The maximum Gasteiger partial charge on any atom is 0.217 e. The molecular formula is C9H10BrN5O. The first-order chi connectivity index (χ1) is 7.52. The van der Waals surface area contributed by atoms with E-state index in [0.717, 1.165) is 0 Å². The number of halogens is 1. The van der Waals surface area contributed by atoms with Crippen molar-refractivity contribution in [3.8, 4) is 0 Å². The van der Waals surface area contributed by atoms with Crippen LogP contribution in [0.15, 0.2) is 16.9 Å². The van der Waals surface area contributed by atoms with Crippen molar-refractivity contribution >= 4 is 27.5 Å². The van der Waals surface area contributed by atoms with Crippen LogP contribution < -0.4 is 5.73 Å². The lowest BCUT2D eigenvalue weighted by molar-refractivity contribution is 0.103. The number of carbonyl (C=O) groups excluding carboxylic acids is 1. The number of anilines is 1. The summed E-state index contributed by atoms with van der Waals surface area (Å²) in [6.45, 7) is 0. The summed E-state index contributed by atoms with van der Waals surface area (Å²) in [5.41, 5.74) is 6.58. The zero-order chi connectivity index (χ0) is 11.9. The Morgan fingerprint density at radius 1 is 1.31 bits per heavy atom. The van der Waals surface area contributed by atoms with E-state index in [1.54, 1.807) is 20.3 Å². The summed E-state index contributed by atoms with van der Waals surface area (Å²) in [5.74, 6) is 0.149. The van der Waals surface area contributed by atoms with E-state index in [4.69, 9.17) is 5.73 Å². The highest BCUT2D eigenvalue weighted by Gasteiger charge is 2.21. The van der Waals surface area contributed by atoms with E-state index >= 15 is 0 Å². The maximum atomic E-state index is 12.2. The molecule has 0 fully saturated rings. The molecule has 2 N–H and O–H groups in total. The summed E-state index contributed by atoms with van der Waals surface area (Å²) in [4.78, 5) is 12.2. The SMILES string of the molecule is Cn1ncc(C(=O)c2c(Br)cnn2C)c1N. The summed E-state index contributed by atoms with van der Waals surface area (Å²) in [6, 6.07) is 0. The number of hydrogen-bond acceptors (Lipinski definition) is 4. The number of aryl methyl sites for hydroxylation is 2. The summed E-state index contributed by atoms with van der Waals surface area (Å²) in [5, 5.41) is 7.91. The minimum Gasteiger partial charge on any atom is -0.383 e. The molecule has 0 aliphatic heterocycles. The van der Waals surface area contributed by atoms with E-state index in [1.807, 2.05) is 0 Å². The Balaban J connectivity index is 2.51. The number of nitrogens with zero attached hydrogens (tertiary/aromatic N) is 4. The van der Waals surface area contributed by atoms with Crippen LogP contribution >= 0.6 is 15.9 Å². The van der Waals surface area contributed by atoms with Gasteiger partial charge in [-0.2, -0.15) is 10.2 Å². The van der Waals surface area contributed by atoms with Crippen molar-refractivity contribution in [2.24, 2.45) is 14.1 Å². The summed E-state index contributed by atoms with van der Waals surface area (Å²) >= 11 is 3.27. The third-order valence-corrected chi connectivity index (χ3v) is 2.92. The molecule has 7 heteroatoms. The lowest BCUT2D eigenvalue weighted by Crippen LogP contribution is -2.11. The van der Waals surface area contributed by atoms with Gasteiger partial charge in [-0.15, -0.1) is 0 Å². The van der Waals surface area contributed by atoms with Gasteiger partial charge < -0.3 is 5.73 Å². The molecule has 2 rings (SSSR count). The molecule has 16 heavy (non-hydrogen) atoms. The summed E-state index contributed by atoms with van der Waals surface area (Å²) in [6.07, 6.45) is 3.02. The van der Waals surface area contributed by atoms with Crippen LogP contribution in [-0.2, 0) is 14.1 Å². The summed E-state index contributed by atoms with van der Waals surface area (Å²) < 4.78 is 3.60. The van der Waals surface area contributed by atoms with Crippen molar-refractivity contribution in [1.29, 1.82) is 0 Å². The van der Waals surface area contributed by atoms with Crippen LogP contribution in [0.1, 0.15) is 16.1 Å². The molecule has 84 valence electrons. The van der Waals surface area contributed by atoms with Crippen LogP contribution in [0, 0.1) is 0 Å². The molecule has 0 spiro atoms. The highest BCUT2D eigenvalue weighted by molar-refractivity contribution is 9.10. The van der Waals surface area contributed by atoms with Gasteiger partial charge in [-0.05, 0) is 15.9 Å². The monoisotopic (exact) mass is 283 g/mol. The average molecular weight is 284 g/mol. The predicted molar refractivity (Wildman–Crippen MR) is 62.0 cm³/mol. The summed E-state index contributed by atoms with van der Waals surface area (Å²) in [7, 11) is 3.38. The molecule has 0 amide bonds. The normalized spacial score (nSPS) is 10.7. The van der Waals surface area contributed by atoms with E-state index in [-0.39, 0.29) is 5.78 Å². The lowest BCUT2D eigenvalue weighted by Gasteiger charge is -2.01. The third-order valence-electron chi connectivity index (χ3n) is 2.34. The molecule has 0 bridgehead atoms. The number of carbonyl (C=O) groups is 1. The molecule has 0 saturated carbocycles. The molecule has 0 unspecified atom stereocenters. The second-order valence-corrected chi connectivity index (χ2v) is 4.22. The first-order valence-corrected chi connectivity index (χ1v) is 5.31. The Bertz CT molecular complexity index is 537. The predicted octanol–water partition coefficient (Wildman–Crippen LogP) is 0.729. The van der Waals surface area contributed by atoms with E-state index in [1.165, 1.54) is 15.6 Å². The quantitative estimate of drug-likeness (QED) is 0.824. The number of ketones is 1. The zero-order valence-electron chi connectivity index (χ0n) is 8.81. The first-order valence-electron chi connectivity index (χ1n) is 4.52. The largest absolute Gasteiger partial charge is 0.383 e. The molecule has 2 heterocycles. The Morgan fingerprint density at radius 2 is 1.94 bits per heavy atom. The number of nitrogens with two attached hydrogens (primary N) is 1. The van der Waals surface area contributed by atoms with Crippen molar-refractivity contribution in [2.45, 2.75) is 0 Å². The lowest BCUT2D eigenvalue weighted by atomic mass is 10.1. The molecule has 0 saturated heterocycles. The van der Waals surface area contributed by atoms with Crippen LogP contribution in [0.25, 0.3) is 0 Å². The van der Waals surface area contributed by atoms with Gasteiger partial charge in [0, 0.05) is 14.1 Å². The standard InChI is InChI=1S/C9H10BrN5O/c1-14-7(6(10)4-13-14)8(16)5-3-12-15(2)9(5)11/h3-4H,11H2,1-2H3. The first kappa shape index (κ1) is 10.9. The van der Waals surface area contributed by atoms with Crippen LogP contribution in [-0.4, -0.2) is 25.3 Å². The smallest absolute Gasteiger partial charge is 0.217 e. The molecule has 0 radical (unpaired) electrons. The van der Waals surface area contributed by atoms with Crippen molar-refractivity contribution in [3.63, 3.8) is 0 Å². The molecule has 2 aromatic heterocycles. The Hall–Kier alpha value is -1.63. The Morgan fingerprint density at radius 3 is 2.38 bits per heavy atom. The second kappa shape index (κ2) is 3.75. The van der Waals surface area contributed by atoms with Crippen LogP contribution in [0.3, 0.4) is 0 Å². The van der Waals surface area contributed by atoms with E-state index in [0.29, 0.717) is 21.5 Å². The minimum atomic E-state index is -0.197. The second-order valence-electron chi connectivity index (χ2n) is 3.36. The van der Waals surface area contributed by atoms with Gasteiger partial charge in [0.1, 0.15) is 11.5 Å². The van der Waals surface area contributed by atoms with Gasteiger partial charge >= 0.3 is 0 Å². The van der Waals surface area contributed by atoms with E-state index in [2.05, 4.69) is 26.1 Å². The average Bonchev–Trinajstić information content (AvgIpc) is 2.73. The van der Waals surface area contributed by atoms with Gasteiger partial charge in [-0.1, -0.05) is 0 Å². The van der Waals surface area contributed by atoms with Gasteiger partial charge in [-0.3, -0.25) is 14.2 Å². The fourth-order valence-electron chi connectivity index (χ4n) is 1.42. The molecule has 0 aliphatic rings. The fourth-order valence-corrected chi connectivity index (χ4v) is 1.94. The van der Waals surface area contributed by atoms with E-state index in [9.17, 15) is 4.79 Å². The van der Waals surface area contributed by atoms with Gasteiger partial charge in [0.05, 0.1) is 22.4 Å². The van der Waals surface area contributed by atoms with Gasteiger partial charge in [0.2, 0.25) is 5.78 Å². The maximum absolute atomic E-state index is 12.2.